The summed E-state index contributed by atoms with van der Waals surface area (Å²) in [6, 6.07) is -0.371. The van der Waals surface area contributed by atoms with Crippen LogP contribution in [0.5, 0.6) is 0 Å². The Balaban J connectivity index is 2.42. The minimum Gasteiger partial charge on any atom is -0.321 e. The molecule has 0 saturated carbocycles. The minimum absolute atomic E-state index is 0.371. The molecule has 1 aromatic heterocycles. The van der Waals surface area contributed by atoms with Crippen molar-refractivity contribution in [1.29, 1.82) is 0 Å². The van der Waals surface area contributed by atoms with E-state index >= 15 is 0 Å². The molecule has 0 aliphatic carbocycles. The molecule has 2 rings (SSSR count). The van der Waals surface area contributed by atoms with E-state index in [2.05, 4.69) is 15.0 Å². The van der Waals surface area contributed by atoms with Gasteiger partial charge in [-0.3, -0.25) is 15.0 Å². The van der Waals surface area contributed by atoms with Crippen molar-refractivity contribution in [3.05, 3.63) is 36.6 Å². The van der Waals surface area contributed by atoms with Gasteiger partial charge in [-0.15, -0.1) is 0 Å². The molecule has 1 aliphatic heterocycles. The van der Waals surface area contributed by atoms with Gasteiger partial charge in [0.15, 0.2) is 0 Å². The molecule has 4 N–H and O–H groups in total. The summed E-state index contributed by atoms with van der Waals surface area (Å²) in [4.78, 5) is 12.0. The van der Waals surface area contributed by atoms with Crippen molar-refractivity contribution in [1.82, 2.24) is 9.97 Å². The van der Waals surface area contributed by atoms with Crippen molar-refractivity contribution in [3.63, 3.8) is 0 Å². The third-order valence-electron chi connectivity index (χ3n) is 2.24. The van der Waals surface area contributed by atoms with Crippen molar-refractivity contribution < 1.29 is 0 Å². The lowest BCUT2D eigenvalue weighted by molar-refractivity contribution is 0.499. The van der Waals surface area contributed by atoms with Crippen molar-refractivity contribution in [3.8, 4) is 0 Å². The summed E-state index contributed by atoms with van der Waals surface area (Å²) in [6.45, 7) is 0. The number of hydrogen-bond acceptors (Lipinski definition) is 5. The van der Waals surface area contributed by atoms with Gasteiger partial charge in [0.2, 0.25) is 0 Å². The van der Waals surface area contributed by atoms with E-state index in [4.69, 9.17) is 11.5 Å². The Kier molecular flexibility index (Phi) is 2.11. The smallest absolute Gasteiger partial charge is 0.101 e. The van der Waals surface area contributed by atoms with Crippen LogP contribution in [0.1, 0.15) is 5.69 Å². The Morgan fingerprint density at radius 1 is 1.36 bits per heavy atom. The summed E-state index contributed by atoms with van der Waals surface area (Å²) in [7, 11) is 0. The van der Waals surface area contributed by atoms with Crippen LogP contribution in [-0.4, -0.2) is 22.2 Å². The molecule has 0 amide bonds. The third-order valence-corrected chi connectivity index (χ3v) is 2.24. The summed E-state index contributed by atoms with van der Waals surface area (Å²) in [5, 5.41) is 0. The van der Waals surface area contributed by atoms with Crippen LogP contribution in [-0.2, 0) is 5.54 Å². The SMILES string of the molecule is NC1C=NC=CC1(N)c1cnccn1. The van der Waals surface area contributed by atoms with E-state index in [1.807, 2.05) is 0 Å². The summed E-state index contributed by atoms with van der Waals surface area (Å²) in [5.41, 5.74) is 11.8. The molecule has 1 aliphatic rings. The molecule has 2 unspecified atom stereocenters. The summed E-state index contributed by atoms with van der Waals surface area (Å²) >= 11 is 0. The van der Waals surface area contributed by atoms with E-state index < -0.39 is 5.54 Å². The first kappa shape index (κ1) is 8.98. The lowest BCUT2D eigenvalue weighted by atomic mass is 9.88. The number of hydrogen-bond donors (Lipinski definition) is 2. The van der Waals surface area contributed by atoms with Crippen LogP contribution in [0.25, 0.3) is 0 Å². The normalized spacial score (nSPS) is 30.6. The topological polar surface area (TPSA) is 90.2 Å². The third kappa shape index (κ3) is 1.32. The number of aliphatic imine (C=N–C) groups is 1. The second-order valence-electron chi connectivity index (χ2n) is 3.16. The zero-order chi connectivity index (χ0) is 10.0. The monoisotopic (exact) mass is 189 g/mol. The van der Waals surface area contributed by atoms with Gasteiger partial charge in [-0.05, 0) is 6.08 Å². The van der Waals surface area contributed by atoms with Crippen molar-refractivity contribution in [2.24, 2.45) is 16.5 Å². The Morgan fingerprint density at radius 2 is 2.21 bits per heavy atom. The molecule has 14 heavy (non-hydrogen) atoms. The molecule has 72 valence electrons. The van der Waals surface area contributed by atoms with Crippen molar-refractivity contribution in [2.75, 3.05) is 0 Å². The Bertz CT molecular complexity index is 372. The molecule has 2 heterocycles. The molecule has 2 atom stereocenters. The minimum atomic E-state index is -0.796. The van der Waals surface area contributed by atoms with E-state index in [1.165, 1.54) is 0 Å². The second kappa shape index (κ2) is 3.28. The van der Waals surface area contributed by atoms with Gasteiger partial charge in [0.1, 0.15) is 5.54 Å². The summed E-state index contributed by atoms with van der Waals surface area (Å²) < 4.78 is 0. The molecule has 0 bridgehead atoms. The van der Waals surface area contributed by atoms with Crippen LogP contribution >= 0.6 is 0 Å². The molecule has 0 saturated heterocycles. The number of nitrogens with two attached hydrogens (primary N) is 2. The molecule has 0 fully saturated rings. The van der Waals surface area contributed by atoms with Crippen LogP contribution in [0.3, 0.4) is 0 Å². The number of aromatic nitrogens is 2. The van der Waals surface area contributed by atoms with Gasteiger partial charge >= 0.3 is 0 Å². The van der Waals surface area contributed by atoms with Crippen LogP contribution < -0.4 is 11.5 Å². The zero-order valence-electron chi connectivity index (χ0n) is 7.54. The summed E-state index contributed by atoms with van der Waals surface area (Å²) in [6.07, 6.45) is 9.77. The predicted molar refractivity (Wildman–Crippen MR) is 53.5 cm³/mol. The number of nitrogens with zero attached hydrogens (tertiary/aromatic N) is 3. The molecule has 0 aromatic carbocycles. The largest absolute Gasteiger partial charge is 0.321 e. The fraction of sp³-hybridized carbons (Fsp3) is 0.222. The standard InChI is InChI=1S/C9H11N5/c10-7-5-12-2-1-9(7,11)8-6-13-3-4-14-8/h1-7H,10-11H2. The van der Waals surface area contributed by atoms with Crippen molar-refractivity contribution in [2.45, 2.75) is 11.6 Å². The first-order chi connectivity index (χ1) is 6.73. The van der Waals surface area contributed by atoms with Crippen LogP contribution in [0.15, 0.2) is 35.9 Å². The van der Waals surface area contributed by atoms with Gasteiger partial charge < -0.3 is 11.5 Å². The lowest BCUT2D eigenvalue weighted by Crippen LogP contribution is -2.53. The molecule has 5 heteroatoms. The van der Waals surface area contributed by atoms with Crippen molar-refractivity contribution >= 4 is 6.21 Å². The molecule has 1 aromatic rings. The molecular formula is C9H11N5. The maximum absolute atomic E-state index is 6.12. The molecule has 0 spiro atoms. The highest BCUT2D eigenvalue weighted by atomic mass is 14.9. The average Bonchev–Trinajstić information content (AvgIpc) is 2.24. The maximum atomic E-state index is 6.12. The highest BCUT2D eigenvalue weighted by Crippen LogP contribution is 2.21. The van der Waals surface area contributed by atoms with Gasteiger partial charge in [0, 0.05) is 24.8 Å². The molecule has 0 radical (unpaired) electrons. The van der Waals surface area contributed by atoms with Gasteiger partial charge in [0.05, 0.1) is 17.9 Å². The van der Waals surface area contributed by atoms with E-state index in [0.29, 0.717) is 5.69 Å². The quantitative estimate of drug-likeness (QED) is 0.626. The Hall–Kier alpha value is -1.59. The van der Waals surface area contributed by atoms with Gasteiger partial charge in [-0.25, -0.2) is 0 Å². The Labute approximate surface area is 81.6 Å². The highest BCUT2D eigenvalue weighted by Gasteiger charge is 2.33. The fourth-order valence-electron chi connectivity index (χ4n) is 1.32. The van der Waals surface area contributed by atoms with E-state index in [-0.39, 0.29) is 6.04 Å². The van der Waals surface area contributed by atoms with Gasteiger partial charge in [0.25, 0.3) is 0 Å². The van der Waals surface area contributed by atoms with E-state index in [9.17, 15) is 0 Å². The fourth-order valence-corrected chi connectivity index (χ4v) is 1.32. The second-order valence-corrected chi connectivity index (χ2v) is 3.16. The lowest BCUT2D eigenvalue weighted by Gasteiger charge is -2.30. The van der Waals surface area contributed by atoms with Gasteiger partial charge in [-0.1, -0.05) is 0 Å². The summed E-state index contributed by atoms with van der Waals surface area (Å²) in [5.74, 6) is 0. The Morgan fingerprint density at radius 3 is 2.86 bits per heavy atom. The maximum Gasteiger partial charge on any atom is 0.101 e. The van der Waals surface area contributed by atoms with Gasteiger partial charge in [-0.2, -0.15) is 0 Å². The van der Waals surface area contributed by atoms with Crippen LogP contribution in [0.2, 0.25) is 0 Å². The van der Waals surface area contributed by atoms with Crippen LogP contribution in [0, 0.1) is 0 Å². The molecule has 5 nitrogen and oxygen atoms in total. The van der Waals surface area contributed by atoms with E-state index in [0.717, 1.165) is 0 Å². The van der Waals surface area contributed by atoms with E-state index in [1.54, 1.807) is 37.1 Å². The average molecular weight is 189 g/mol. The number of rotatable bonds is 1. The predicted octanol–water partition coefficient (Wildman–Crippen LogP) is -0.444. The van der Waals surface area contributed by atoms with Crippen LogP contribution in [0.4, 0.5) is 0 Å². The zero-order valence-corrected chi connectivity index (χ0v) is 7.54. The first-order valence-electron chi connectivity index (χ1n) is 4.25. The first-order valence-corrected chi connectivity index (χ1v) is 4.25. The highest BCUT2D eigenvalue weighted by molar-refractivity contribution is 5.70. The molecular weight excluding hydrogens is 178 g/mol.